The first-order chi connectivity index (χ1) is 11.7. The first-order valence-corrected chi connectivity index (χ1v) is 8.31. The molecule has 0 spiro atoms. The summed E-state index contributed by atoms with van der Waals surface area (Å²) in [5, 5.41) is 15.7. The van der Waals surface area contributed by atoms with Gasteiger partial charge in [-0.3, -0.25) is 0 Å². The van der Waals surface area contributed by atoms with Gasteiger partial charge in [0.05, 0.1) is 19.4 Å². The molecule has 3 N–H and O–H groups in total. The number of anilines is 2. The Morgan fingerprint density at radius 3 is 2.83 bits per heavy atom. The summed E-state index contributed by atoms with van der Waals surface area (Å²) in [5.41, 5.74) is 2.19. The molecule has 1 heterocycles. The second kappa shape index (κ2) is 7.49. The normalized spacial score (nSPS) is 15.0. The minimum absolute atomic E-state index is 0.0452. The number of methoxy groups -OCH3 is 1. The molecule has 1 aliphatic rings. The zero-order valence-corrected chi connectivity index (χ0v) is 14.1. The van der Waals surface area contributed by atoms with E-state index in [0.29, 0.717) is 18.4 Å². The fourth-order valence-electron chi connectivity index (χ4n) is 2.45. The van der Waals surface area contributed by atoms with Gasteiger partial charge in [0.25, 0.3) is 0 Å². The van der Waals surface area contributed by atoms with Gasteiger partial charge in [0.1, 0.15) is 11.6 Å². The molecule has 2 aromatic rings. The Morgan fingerprint density at radius 1 is 1.29 bits per heavy atom. The summed E-state index contributed by atoms with van der Waals surface area (Å²) in [4.78, 5) is 9.09. The van der Waals surface area contributed by atoms with Gasteiger partial charge in [-0.05, 0) is 37.5 Å². The summed E-state index contributed by atoms with van der Waals surface area (Å²) in [6.45, 7) is 2.60. The van der Waals surface area contributed by atoms with Crippen LogP contribution in [0.2, 0.25) is 0 Å². The third kappa shape index (κ3) is 4.35. The van der Waals surface area contributed by atoms with Crippen LogP contribution in [0.4, 0.5) is 11.8 Å². The molecule has 1 aromatic heterocycles. The largest absolute Gasteiger partial charge is 0.497 e. The molecule has 0 radical (unpaired) electrons. The first kappa shape index (κ1) is 16.5. The van der Waals surface area contributed by atoms with Gasteiger partial charge in [0.15, 0.2) is 0 Å². The number of nitrogens with zero attached hydrogens (tertiary/aromatic N) is 2. The van der Waals surface area contributed by atoms with Gasteiger partial charge in [-0.25, -0.2) is 4.98 Å². The highest BCUT2D eigenvalue weighted by molar-refractivity contribution is 5.45. The van der Waals surface area contributed by atoms with Crippen molar-refractivity contribution in [1.29, 1.82) is 0 Å². The van der Waals surface area contributed by atoms with Crippen molar-refractivity contribution in [3.8, 4) is 5.75 Å². The van der Waals surface area contributed by atoms with Crippen LogP contribution in [-0.2, 0) is 6.54 Å². The number of hydrogen-bond acceptors (Lipinski definition) is 6. The van der Waals surface area contributed by atoms with E-state index in [4.69, 9.17) is 4.74 Å². The summed E-state index contributed by atoms with van der Waals surface area (Å²) in [6, 6.07) is 9.89. The topological polar surface area (TPSA) is 79.3 Å². The van der Waals surface area contributed by atoms with E-state index in [2.05, 4.69) is 20.6 Å². The summed E-state index contributed by atoms with van der Waals surface area (Å²) in [6.07, 6.45) is 2.36. The monoisotopic (exact) mass is 328 g/mol. The Balaban J connectivity index is 1.73. The second-order valence-electron chi connectivity index (χ2n) is 6.21. The van der Waals surface area contributed by atoms with Crippen LogP contribution >= 0.6 is 0 Å². The van der Waals surface area contributed by atoms with Crippen LogP contribution in [0.5, 0.6) is 5.75 Å². The van der Waals surface area contributed by atoms with Crippen molar-refractivity contribution in [2.75, 3.05) is 24.4 Å². The molecule has 24 heavy (non-hydrogen) atoms. The van der Waals surface area contributed by atoms with Gasteiger partial charge in [0, 0.05) is 24.6 Å². The van der Waals surface area contributed by atoms with Crippen molar-refractivity contribution < 1.29 is 9.84 Å². The molecule has 6 heteroatoms. The van der Waals surface area contributed by atoms with Crippen molar-refractivity contribution in [3.05, 3.63) is 41.6 Å². The lowest BCUT2D eigenvalue weighted by Gasteiger charge is -2.14. The number of ether oxygens (including phenoxy) is 1. The molecule has 3 rings (SSSR count). The number of aliphatic hydroxyl groups excluding tert-OH is 1. The number of aliphatic hydroxyl groups is 1. The molecular weight excluding hydrogens is 304 g/mol. The van der Waals surface area contributed by atoms with E-state index in [1.165, 1.54) is 12.8 Å². The lowest BCUT2D eigenvalue weighted by atomic mass is 10.2. The molecule has 1 aromatic carbocycles. The highest BCUT2D eigenvalue weighted by Crippen LogP contribution is 2.39. The van der Waals surface area contributed by atoms with E-state index in [9.17, 15) is 5.11 Å². The Labute approximate surface area is 142 Å². The van der Waals surface area contributed by atoms with Gasteiger partial charge in [-0.15, -0.1) is 0 Å². The minimum atomic E-state index is -0.0781. The van der Waals surface area contributed by atoms with Gasteiger partial charge in [-0.2, -0.15) is 4.98 Å². The summed E-state index contributed by atoms with van der Waals surface area (Å²) >= 11 is 0. The molecule has 6 nitrogen and oxygen atoms in total. The quantitative estimate of drug-likeness (QED) is 0.691. The molecule has 0 bridgehead atoms. The summed E-state index contributed by atoms with van der Waals surface area (Å²) in [7, 11) is 1.67. The standard InChI is InChI=1S/C18H24N4O2/c1-12(11-23)20-18-21-16(14-6-7-14)9-17(22-18)19-10-13-4-3-5-15(8-13)24-2/h3-5,8-9,12,14,23H,6-7,10-11H2,1-2H3,(H2,19,20,21,22)/t12-/m0/s1. The molecule has 0 unspecified atom stereocenters. The number of nitrogens with one attached hydrogen (secondary N) is 2. The van der Waals surface area contributed by atoms with Crippen LogP contribution in [0, 0.1) is 0 Å². The molecule has 0 aliphatic heterocycles. The van der Waals surface area contributed by atoms with E-state index >= 15 is 0 Å². The van der Waals surface area contributed by atoms with Gasteiger partial charge in [-0.1, -0.05) is 12.1 Å². The van der Waals surface area contributed by atoms with Crippen molar-refractivity contribution >= 4 is 11.8 Å². The van der Waals surface area contributed by atoms with E-state index in [1.807, 2.05) is 37.3 Å². The van der Waals surface area contributed by atoms with Crippen molar-refractivity contribution in [2.24, 2.45) is 0 Å². The molecule has 1 fully saturated rings. The summed E-state index contributed by atoms with van der Waals surface area (Å²) < 4.78 is 5.25. The fourth-order valence-corrected chi connectivity index (χ4v) is 2.45. The van der Waals surface area contributed by atoms with Crippen LogP contribution < -0.4 is 15.4 Å². The molecular formula is C18H24N4O2. The first-order valence-electron chi connectivity index (χ1n) is 8.31. The average molecular weight is 328 g/mol. The highest BCUT2D eigenvalue weighted by Gasteiger charge is 2.26. The predicted molar refractivity (Wildman–Crippen MR) is 94.5 cm³/mol. The van der Waals surface area contributed by atoms with Crippen molar-refractivity contribution in [1.82, 2.24) is 9.97 Å². The van der Waals surface area contributed by atoms with E-state index < -0.39 is 0 Å². The molecule has 1 aliphatic carbocycles. The van der Waals surface area contributed by atoms with Gasteiger partial charge >= 0.3 is 0 Å². The minimum Gasteiger partial charge on any atom is -0.497 e. The third-order valence-electron chi connectivity index (χ3n) is 4.00. The van der Waals surface area contributed by atoms with Crippen molar-refractivity contribution in [2.45, 2.75) is 38.3 Å². The highest BCUT2D eigenvalue weighted by atomic mass is 16.5. The van der Waals surface area contributed by atoms with Crippen LogP contribution in [0.25, 0.3) is 0 Å². The molecule has 0 amide bonds. The van der Waals surface area contributed by atoms with Crippen molar-refractivity contribution in [3.63, 3.8) is 0 Å². The fraction of sp³-hybridized carbons (Fsp3) is 0.444. The average Bonchev–Trinajstić information content (AvgIpc) is 3.45. The van der Waals surface area contributed by atoms with E-state index in [-0.39, 0.29) is 12.6 Å². The lowest BCUT2D eigenvalue weighted by molar-refractivity contribution is 0.281. The lowest BCUT2D eigenvalue weighted by Crippen LogP contribution is -2.21. The zero-order valence-electron chi connectivity index (χ0n) is 14.1. The molecule has 1 atom stereocenters. The van der Waals surface area contributed by atoms with E-state index in [0.717, 1.165) is 22.8 Å². The number of hydrogen-bond donors (Lipinski definition) is 3. The van der Waals surface area contributed by atoms with Gasteiger partial charge in [0.2, 0.25) is 5.95 Å². The SMILES string of the molecule is COc1cccc(CNc2cc(C3CC3)nc(N[C@@H](C)CO)n2)c1. The Bertz CT molecular complexity index is 688. The van der Waals surface area contributed by atoms with Crippen LogP contribution in [0.3, 0.4) is 0 Å². The van der Waals surface area contributed by atoms with Crippen LogP contribution in [-0.4, -0.2) is 34.8 Å². The van der Waals surface area contributed by atoms with Crippen LogP contribution in [0.15, 0.2) is 30.3 Å². The molecule has 1 saturated carbocycles. The Morgan fingerprint density at radius 2 is 2.12 bits per heavy atom. The number of aromatic nitrogens is 2. The smallest absolute Gasteiger partial charge is 0.225 e. The Kier molecular flexibility index (Phi) is 5.15. The third-order valence-corrected chi connectivity index (χ3v) is 4.00. The van der Waals surface area contributed by atoms with E-state index in [1.54, 1.807) is 7.11 Å². The number of rotatable bonds is 8. The molecule has 128 valence electrons. The number of benzene rings is 1. The predicted octanol–water partition coefficient (Wildman–Crippen LogP) is 2.77. The maximum atomic E-state index is 9.21. The van der Waals surface area contributed by atoms with Crippen LogP contribution in [0.1, 0.15) is 36.9 Å². The maximum Gasteiger partial charge on any atom is 0.225 e. The second-order valence-corrected chi connectivity index (χ2v) is 6.21. The summed E-state index contributed by atoms with van der Waals surface area (Å²) in [5.74, 6) is 2.74. The molecule has 0 saturated heterocycles. The zero-order chi connectivity index (χ0) is 16.9. The Hall–Kier alpha value is -2.34. The maximum absolute atomic E-state index is 9.21. The van der Waals surface area contributed by atoms with Gasteiger partial charge < -0.3 is 20.5 Å².